The summed E-state index contributed by atoms with van der Waals surface area (Å²) in [6, 6.07) is 9.22. The van der Waals surface area contributed by atoms with E-state index in [2.05, 4.69) is 15.5 Å². The van der Waals surface area contributed by atoms with Crippen LogP contribution < -0.4 is 15.8 Å². The third kappa shape index (κ3) is 2.84. The molecule has 0 fully saturated rings. The summed E-state index contributed by atoms with van der Waals surface area (Å²) < 4.78 is 5.26. The Hall–Kier alpha value is -2.30. The van der Waals surface area contributed by atoms with E-state index in [-0.39, 0.29) is 0 Å². The van der Waals surface area contributed by atoms with Gasteiger partial charge in [-0.1, -0.05) is 0 Å². The molecule has 2 aromatic rings. The number of hydrogen-bond acceptors (Lipinski definition) is 5. The van der Waals surface area contributed by atoms with Crippen LogP contribution in [0.15, 0.2) is 36.5 Å². The van der Waals surface area contributed by atoms with Crippen LogP contribution in [0.2, 0.25) is 0 Å². The molecule has 1 heterocycles. The van der Waals surface area contributed by atoms with Gasteiger partial charge in [-0.25, -0.2) is 0 Å². The minimum atomic E-state index is 0.590. The molecule has 0 radical (unpaired) electrons. The Morgan fingerprint density at radius 3 is 2.94 bits per heavy atom. The van der Waals surface area contributed by atoms with Crippen LogP contribution in [0, 0.1) is 0 Å². The molecular weight excluding hydrogens is 216 g/mol. The van der Waals surface area contributed by atoms with Crippen LogP contribution in [0.1, 0.15) is 5.56 Å². The van der Waals surface area contributed by atoms with Gasteiger partial charge < -0.3 is 15.8 Å². The maximum absolute atomic E-state index is 5.74. The monoisotopic (exact) mass is 230 g/mol. The number of nitrogens with zero attached hydrogens (tertiary/aromatic N) is 2. The molecule has 0 aliphatic rings. The number of anilines is 2. The van der Waals surface area contributed by atoms with Crippen molar-refractivity contribution in [3.63, 3.8) is 0 Å². The zero-order valence-corrected chi connectivity index (χ0v) is 9.55. The van der Waals surface area contributed by atoms with Gasteiger partial charge in [-0.15, -0.1) is 5.10 Å². The largest absolute Gasteiger partial charge is 0.496 e. The van der Waals surface area contributed by atoms with E-state index in [1.807, 2.05) is 30.3 Å². The van der Waals surface area contributed by atoms with Crippen molar-refractivity contribution in [1.29, 1.82) is 0 Å². The summed E-state index contributed by atoms with van der Waals surface area (Å²) in [4.78, 5) is 0. The molecule has 3 N–H and O–H groups in total. The molecule has 0 amide bonds. The molecule has 0 saturated heterocycles. The van der Waals surface area contributed by atoms with Crippen LogP contribution in [0.4, 0.5) is 11.5 Å². The van der Waals surface area contributed by atoms with Crippen molar-refractivity contribution in [3.05, 3.63) is 42.1 Å². The fourth-order valence-electron chi connectivity index (χ4n) is 1.52. The zero-order chi connectivity index (χ0) is 12.1. The first-order chi connectivity index (χ1) is 8.29. The lowest BCUT2D eigenvalue weighted by atomic mass is 10.2. The van der Waals surface area contributed by atoms with Crippen LogP contribution in [0.3, 0.4) is 0 Å². The predicted molar refractivity (Wildman–Crippen MR) is 66.8 cm³/mol. The van der Waals surface area contributed by atoms with Crippen molar-refractivity contribution in [2.45, 2.75) is 6.54 Å². The van der Waals surface area contributed by atoms with Gasteiger partial charge in [0, 0.05) is 24.0 Å². The molecule has 0 aliphatic heterocycles. The standard InChI is InChI=1S/C12H14N4O/c1-17-11-5-4-10(13)7-9(11)8-14-12-3-2-6-15-16-12/h2-7H,8,13H2,1H3,(H,14,16). The number of methoxy groups -OCH3 is 1. The molecule has 0 unspecified atom stereocenters. The number of rotatable bonds is 4. The van der Waals surface area contributed by atoms with Crippen LogP contribution in [0.25, 0.3) is 0 Å². The molecule has 1 aromatic carbocycles. The first-order valence-corrected chi connectivity index (χ1v) is 5.23. The van der Waals surface area contributed by atoms with E-state index in [0.29, 0.717) is 12.2 Å². The number of benzene rings is 1. The Bertz CT molecular complexity index is 487. The average Bonchev–Trinajstić information content (AvgIpc) is 2.38. The van der Waals surface area contributed by atoms with E-state index in [0.717, 1.165) is 17.1 Å². The van der Waals surface area contributed by atoms with Crippen LogP contribution >= 0.6 is 0 Å². The van der Waals surface area contributed by atoms with E-state index in [1.165, 1.54) is 0 Å². The van der Waals surface area contributed by atoms with Crippen molar-refractivity contribution < 1.29 is 4.74 Å². The van der Waals surface area contributed by atoms with Crippen LogP contribution in [-0.2, 0) is 6.54 Å². The highest BCUT2D eigenvalue weighted by atomic mass is 16.5. The molecule has 0 saturated carbocycles. The van der Waals surface area contributed by atoms with Gasteiger partial charge in [0.15, 0.2) is 0 Å². The second kappa shape index (κ2) is 5.16. The van der Waals surface area contributed by atoms with Crippen molar-refractivity contribution >= 4 is 11.5 Å². The minimum Gasteiger partial charge on any atom is -0.496 e. The van der Waals surface area contributed by atoms with Crippen molar-refractivity contribution in [2.75, 3.05) is 18.2 Å². The SMILES string of the molecule is COc1ccc(N)cc1CNc1cccnn1. The van der Waals surface area contributed by atoms with Crippen molar-refractivity contribution in [2.24, 2.45) is 0 Å². The summed E-state index contributed by atoms with van der Waals surface area (Å²) in [5.74, 6) is 1.52. The Labute approximate surface area is 99.6 Å². The van der Waals surface area contributed by atoms with Crippen LogP contribution in [0.5, 0.6) is 5.75 Å². The molecule has 0 spiro atoms. The lowest BCUT2D eigenvalue weighted by Gasteiger charge is -2.10. The number of nitrogens with one attached hydrogen (secondary N) is 1. The molecule has 5 heteroatoms. The maximum Gasteiger partial charge on any atom is 0.148 e. The fourth-order valence-corrected chi connectivity index (χ4v) is 1.52. The molecule has 88 valence electrons. The van der Waals surface area contributed by atoms with Gasteiger partial charge in [-0.2, -0.15) is 5.10 Å². The fraction of sp³-hybridized carbons (Fsp3) is 0.167. The molecule has 1 aromatic heterocycles. The zero-order valence-electron chi connectivity index (χ0n) is 9.55. The highest BCUT2D eigenvalue weighted by Crippen LogP contribution is 2.21. The number of nitrogen functional groups attached to an aromatic ring is 1. The first-order valence-electron chi connectivity index (χ1n) is 5.23. The highest BCUT2D eigenvalue weighted by molar-refractivity contribution is 5.49. The van der Waals surface area contributed by atoms with E-state index in [9.17, 15) is 0 Å². The Morgan fingerprint density at radius 1 is 1.35 bits per heavy atom. The summed E-state index contributed by atoms with van der Waals surface area (Å²) in [6.45, 7) is 0.590. The van der Waals surface area contributed by atoms with Crippen molar-refractivity contribution in [1.82, 2.24) is 10.2 Å². The molecule has 17 heavy (non-hydrogen) atoms. The Balaban J connectivity index is 2.11. The smallest absolute Gasteiger partial charge is 0.148 e. The lowest BCUT2D eigenvalue weighted by molar-refractivity contribution is 0.410. The molecular formula is C12H14N4O. The predicted octanol–water partition coefficient (Wildman–Crippen LogP) is 1.68. The molecule has 2 rings (SSSR count). The number of nitrogens with two attached hydrogens (primary N) is 1. The average molecular weight is 230 g/mol. The van der Waals surface area contributed by atoms with Crippen LogP contribution in [-0.4, -0.2) is 17.3 Å². The van der Waals surface area contributed by atoms with Gasteiger partial charge in [-0.05, 0) is 30.3 Å². The van der Waals surface area contributed by atoms with Gasteiger partial charge in [0.1, 0.15) is 11.6 Å². The summed E-state index contributed by atoms with van der Waals surface area (Å²) in [6.07, 6.45) is 1.63. The number of ether oxygens (including phenoxy) is 1. The second-order valence-electron chi connectivity index (χ2n) is 3.53. The second-order valence-corrected chi connectivity index (χ2v) is 3.53. The van der Waals surface area contributed by atoms with E-state index in [4.69, 9.17) is 10.5 Å². The van der Waals surface area contributed by atoms with Gasteiger partial charge in [-0.3, -0.25) is 0 Å². The summed E-state index contributed by atoms with van der Waals surface area (Å²) in [5.41, 5.74) is 7.43. The van der Waals surface area contributed by atoms with E-state index < -0.39 is 0 Å². The summed E-state index contributed by atoms with van der Waals surface area (Å²) >= 11 is 0. The third-order valence-corrected chi connectivity index (χ3v) is 2.34. The molecule has 0 aliphatic carbocycles. The highest BCUT2D eigenvalue weighted by Gasteiger charge is 2.03. The molecule has 0 bridgehead atoms. The maximum atomic E-state index is 5.74. The Morgan fingerprint density at radius 2 is 2.24 bits per heavy atom. The number of aromatic nitrogens is 2. The van der Waals surface area contributed by atoms with Gasteiger partial charge in [0.25, 0.3) is 0 Å². The normalized spacial score (nSPS) is 9.94. The summed E-state index contributed by atoms with van der Waals surface area (Å²) in [5, 5.41) is 10.9. The topological polar surface area (TPSA) is 73.1 Å². The molecule has 0 atom stereocenters. The lowest BCUT2D eigenvalue weighted by Crippen LogP contribution is -2.04. The van der Waals surface area contributed by atoms with Gasteiger partial charge in [0.05, 0.1) is 7.11 Å². The Kier molecular flexibility index (Phi) is 3.40. The van der Waals surface area contributed by atoms with Gasteiger partial charge >= 0.3 is 0 Å². The quantitative estimate of drug-likeness (QED) is 0.782. The minimum absolute atomic E-state index is 0.590. The molecule has 5 nitrogen and oxygen atoms in total. The third-order valence-electron chi connectivity index (χ3n) is 2.34. The van der Waals surface area contributed by atoms with E-state index in [1.54, 1.807) is 13.3 Å². The summed E-state index contributed by atoms with van der Waals surface area (Å²) in [7, 11) is 1.64. The first kappa shape index (κ1) is 11.2. The van der Waals surface area contributed by atoms with E-state index >= 15 is 0 Å². The van der Waals surface area contributed by atoms with Gasteiger partial charge in [0.2, 0.25) is 0 Å². The number of hydrogen-bond donors (Lipinski definition) is 2. The van der Waals surface area contributed by atoms with Crippen molar-refractivity contribution in [3.8, 4) is 5.75 Å².